The molecule has 120 valence electrons. The molecule has 1 heterocycles. The van der Waals surface area contributed by atoms with E-state index in [4.69, 9.17) is 0 Å². The van der Waals surface area contributed by atoms with Gasteiger partial charge in [-0.15, -0.1) is 0 Å². The molecule has 0 atom stereocenters. The number of anilines is 1. The van der Waals surface area contributed by atoms with Crippen LogP contribution in [0.2, 0.25) is 0 Å². The summed E-state index contributed by atoms with van der Waals surface area (Å²) in [7, 11) is -4.07. The number of amides is 1. The van der Waals surface area contributed by atoms with E-state index in [0.29, 0.717) is 11.1 Å². The molecule has 0 aliphatic heterocycles. The number of benzene rings is 1. The Balaban J connectivity index is 2.73. The Kier molecular flexibility index (Phi) is 4.65. The van der Waals surface area contributed by atoms with Gasteiger partial charge in [-0.25, -0.2) is 8.42 Å². The monoisotopic (exact) mass is 330 g/mol. The van der Waals surface area contributed by atoms with Gasteiger partial charge in [0.25, 0.3) is 15.9 Å². The van der Waals surface area contributed by atoms with Crippen molar-refractivity contribution in [3.63, 3.8) is 0 Å². The second-order valence-corrected chi connectivity index (χ2v) is 7.04. The van der Waals surface area contributed by atoms with Gasteiger partial charge in [0.15, 0.2) is 0 Å². The molecule has 0 radical (unpaired) electrons. The Hall–Kier alpha value is -2.47. The third-order valence-electron chi connectivity index (χ3n) is 3.39. The molecule has 0 aliphatic carbocycles. The van der Waals surface area contributed by atoms with Gasteiger partial charge in [0.2, 0.25) is 0 Å². The number of aromatic nitrogens is 1. The number of sulfonamides is 1. The molecule has 2 rings (SSSR count). The van der Waals surface area contributed by atoms with Crippen molar-refractivity contribution in [3.8, 4) is 0 Å². The first kappa shape index (κ1) is 16.9. The normalized spacial score (nSPS) is 11.1. The van der Waals surface area contributed by atoms with Crippen LogP contribution in [0.5, 0.6) is 0 Å². The molecule has 1 aromatic carbocycles. The fourth-order valence-corrected chi connectivity index (χ4v) is 3.88. The Bertz CT molecular complexity index is 873. The fraction of sp³-hybridized carbons (Fsp3) is 0.176. The lowest BCUT2D eigenvalue weighted by atomic mass is 10.2. The third-order valence-corrected chi connectivity index (χ3v) is 5.25. The van der Waals surface area contributed by atoms with Crippen LogP contribution >= 0.6 is 0 Å². The van der Waals surface area contributed by atoms with E-state index < -0.39 is 15.9 Å². The Morgan fingerprint density at radius 3 is 2.35 bits per heavy atom. The van der Waals surface area contributed by atoms with E-state index in [1.54, 1.807) is 44.3 Å². The average Bonchev–Trinajstić information content (AvgIpc) is 2.49. The average molecular weight is 330 g/mol. The summed E-state index contributed by atoms with van der Waals surface area (Å²) < 4.78 is 27.0. The number of carbonyl (C=O) groups excluding carboxylic acids is 1. The van der Waals surface area contributed by atoms with Crippen LogP contribution in [0, 0.1) is 13.8 Å². The largest absolute Gasteiger partial charge is 0.271 e. The van der Waals surface area contributed by atoms with Gasteiger partial charge in [0, 0.05) is 11.8 Å². The highest BCUT2D eigenvalue weighted by Gasteiger charge is 2.33. The van der Waals surface area contributed by atoms with Crippen molar-refractivity contribution < 1.29 is 13.2 Å². The maximum atomic E-state index is 13.1. The molecule has 0 spiro atoms. The van der Waals surface area contributed by atoms with Crippen LogP contribution in [0.3, 0.4) is 0 Å². The van der Waals surface area contributed by atoms with Gasteiger partial charge >= 0.3 is 0 Å². The molecule has 0 bridgehead atoms. The number of rotatable bonds is 4. The minimum Gasteiger partial charge on any atom is -0.268 e. The zero-order chi connectivity index (χ0) is 17.2. The predicted octanol–water partition coefficient (Wildman–Crippen LogP) is 3.00. The van der Waals surface area contributed by atoms with Crippen molar-refractivity contribution in [2.24, 2.45) is 0 Å². The maximum Gasteiger partial charge on any atom is 0.271 e. The highest BCUT2D eigenvalue weighted by molar-refractivity contribution is 7.93. The highest BCUT2D eigenvalue weighted by atomic mass is 32.2. The van der Waals surface area contributed by atoms with Gasteiger partial charge in [-0.3, -0.25) is 9.78 Å². The van der Waals surface area contributed by atoms with Crippen molar-refractivity contribution in [1.82, 2.24) is 4.98 Å². The second-order valence-electron chi connectivity index (χ2n) is 5.28. The van der Waals surface area contributed by atoms with Gasteiger partial charge in [0.1, 0.15) is 0 Å². The van der Waals surface area contributed by atoms with Crippen LogP contribution in [0.15, 0.2) is 59.8 Å². The lowest BCUT2D eigenvalue weighted by Gasteiger charge is -2.24. The van der Waals surface area contributed by atoms with Crippen molar-refractivity contribution in [2.45, 2.75) is 25.7 Å². The second kappa shape index (κ2) is 6.34. The molecule has 0 saturated heterocycles. The molecule has 0 saturated carbocycles. The van der Waals surface area contributed by atoms with E-state index in [0.717, 1.165) is 4.31 Å². The summed E-state index contributed by atoms with van der Waals surface area (Å²) in [6.45, 7) is 8.48. The minimum absolute atomic E-state index is 0.0813. The first-order valence-corrected chi connectivity index (χ1v) is 8.42. The molecular weight excluding hydrogens is 312 g/mol. The number of aryl methyl sites for hydroxylation is 2. The quantitative estimate of drug-likeness (QED) is 0.808. The molecule has 1 amide bonds. The summed E-state index contributed by atoms with van der Waals surface area (Å²) in [4.78, 5) is 16.6. The summed E-state index contributed by atoms with van der Waals surface area (Å²) in [5.74, 6) is -0.677. The fourth-order valence-electron chi connectivity index (χ4n) is 2.13. The lowest BCUT2D eigenvalue weighted by molar-refractivity contribution is -0.114. The third kappa shape index (κ3) is 3.17. The topological polar surface area (TPSA) is 67.3 Å². The molecule has 23 heavy (non-hydrogen) atoms. The number of hydrogen-bond acceptors (Lipinski definition) is 4. The summed E-state index contributed by atoms with van der Waals surface area (Å²) in [6, 6.07) is 8.19. The van der Waals surface area contributed by atoms with Crippen molar-refractivity contribution >= 4 is 21.6 Å². The Morgan fingerprint density at radius 1 is 1.13 bits per heavy atom. The van der Waals surface area contributed by atoms with E-state index in [-0.39, 0.29) is 16.2 Å². The Labute approximate surface area is 136 Å². The van der Waals surface area contributed by atoms with Crippen LogP contribution in [0.25, 0.3) is 0 Å². The number of pyridine rings is 1. The molecule has 0 fully saturated rings. The molecule has 6 heteroatoms. The first-order valence-electron chi connectivity index (χ1n) is 6.98. The van der Waals surface area contributed by atoms with Gasteiger partial charge in [-0.1, -0.05) is 24.8 Å². The van der Waals surface area contributed by atoms with E-state index in [1.165, 1.54) is 19.2 Å². The van der Waals surface area contributed by atoms with Crippen LogP contribution in [0.4, 0.5) is 5.69 Å². The van der Waals surface area contributed by atoms with Crippen LogP contribution in [0.1, 0.15) is 18.1 Å². The number of hydrogen-bond donors (Lipinski definition) is 0. The summed E-state index contributed by atoms with van der Waals surface area (Å²) in [6.07, 6.45) is 2.91. The van der Waals surface area contributed by atoms with Crippen LogP contribution in [-0.4, -0.2) is 19.3 Å². The van der Waals surface area contributed by atoms with Crippen molar-refractivity contribution in [3.05, 3.63) is 66.0 Å². The molecule has 0 unspecified atom stereocenters. The Morgan fingerprint density at radius 2 is 1.78 bits per heavy atom. The number of carbonyl (C=O) groups is 1. The molecule has 0 N–H and O–H groups in total. The van der Waals surface area contributed by atoms with Gasteiger partial charge in [0.05, 0.1) is 16.8 Å². The summed E-state index contributed by atoms with van der Waals surface area (Å²) in [5.41, 5.74) is 1.55. The molecule has 0 aliphatic rings. The van der Waals surface area contributed by atoms with E-state index in [2.05, 4.69) is 11.6 Å². The number of nitrogens with zero attached hydrogens (tertiary/aromatic N) is 2. The van der Waals surface area contributed by atoms with E-state index >= 15 is 0 Å². The van der Waals surface area contributed by atoms with Crippen LogP contribution < -0.4 is 4.31 Å². The molecule has 5 nitrogen and oxygen atoms in total. The van der Waals surface area contributed by atoms with Crippen molar-refractivity contribution in [1.29, 1.82) is 0 Å². The highest BCUT2D eigenvalue weighted by Crippen LogP contribution is 2.28. The maximum absolute atomic E-state index is 13.1. The SMILES string of the molecule is C=C(C)C(=O)N(c1cnccc1C)S(=O)(=O)c1ccccc1C. The van der Waals surface area contributed by atoms with Crippen molar-refractivity contribution in [2.75, 3.05) is 4.31 Å². The first-order chi connectivity index (χ1) is 10.8. The van der Waals surface area contributed by atoms with Gasteiger partial charge in [-0.2, -0.15) is 4.31 Å². The lowest BCUT2D eigenvalue weighted by Crippen LogP contribution is -2.38. The zero-order valence-electron chi connectivity index (χ0n) is 13.3. The van der Waals surface area contributed by atoms with E-state index in [1.807, 2.05) is 0 Å². The summed E-state index contributed by atoms with van der Waals surface area (Å²) in [5, 5.41) is 0. The molecular formula is C17H18N2O3S. The van der Waals surface area contributed by atoms with Crippen LogP contribution in [-0.2, 0) is 14.8 Å². The predicted molar refractivity (Wildman–Crippen MR) is 89.6 cm³/mol. The standard InChI is InChI=1S/C17H18N2O3S/c1-12(2)17(20)19(15-11-18-10-9-13(15)3)23(21,22)16-8-6-5-7-14(16)4/h5-11H,1H2,2-4H3. The zero-order valence-corrected chi connectivity index (χ0v) is 14.1. The molecule has 1 aromatic heterocycles. The molecule has 2 aromatic rings. The van der Waals surface area contributed by atoms with Gasteiger partial charge < -0.3 is 0 Å². The van der Waals surface area contributed by atoms with Gasteiger partial charge in [-0.05, 0) is 44.0 Å². The smallest absolute Gasteiger partial charge is 0.268 e. The van der Waals surface area contributed by atoms with E-state index in [9.17, 15) is 13.2 Å². The summed E-state index contributed by atoms with van der Waals surface area (Å²) >= 11 is 0. The minimum atomic E-state index is -4.07.